The topological polar surface area (TPSA) is 32.3 Å². The van der Waals surface area contributed by atoms with Crippen molar-refractivity contribution in [1.82, 2.24) is 5.32 Å². The Bertz CT molecular complexity index is 569. The minimum atomic E-state index is -0.0373. The quantitative estimate of drug-likeness (QED) is 0.852. The van der Waals surface area contributed by atoms with E-state index in [1.165, 1.54) is 11.1 Å². The normalized spacial score (nSPS) is 25.5. The molecule has 3 rings (SSSR count). The fourth-order valence-electron chi connectivity index (χ4n) is 3.38. The molecule has 2 aromatic carbocycles. The average molecular weight is 281 g/mol. The van der Waals surface area contributed by atoms with Gasteiger partial charge in [0.1, 0.15) is 0 Å². The van der Waals surface area contributed by atoms with E-state index in [1.807, 2.05) is 12.1 Å². The molecule has 2 aromatic rings. The molecule has 2 heteroatoms. The van der Waals surface area contributed by atoms with E-state index in [1.54, 1.807) is 0 Å². The Morgan fingerprint density at radius 2 is 1.71 bits per heavy atom. The number of hydrogen-bond acceptors (Lipinski definition) is 2. The molecule has 1 aliphatic carbocycles. The molecule has 1 aliphatic rings. The van der Waals surface area contributed by atoms with Crippen LogP contribution in [0.3, 0.4) is 0 Å². The summed E-state index contributed by atoms with van der Waals surface area (Å²) in [6.07, 6.45) is 1.07. The lowest BCUT2D eigenvalue weighted by Gasteiger charge is -2.20. The van der Waals surface area contributed by atoms with Crippen LogP contribution in [0.1, 0.15) is 24.5 Å². The van der Waals surface area contributed by atoms with E-state index in [0.29, 0.717) is 12.0 Å². The first kappa shape index (κ1) is 14.3. The van der Waals surface area contributed by atoms with Crippen LogP contribution < -0.4 is 5.32 Å². The van der Waals surface area contributed by atoms with E-state index in [4.69, 9.17) is 0 Å². The highest BCUT2D eigenvalue weighted by molar-refractivity contribution is 5.35. The predicted molar refractivity (Wildman–Crippen MR) is 86.1 cm³/mol. The van der Waals surface area contributed by atoms with Crippen LogP contribution >= 0.6 is 0 Å². The van der Waals surface area contributed by atoms with Crippen LogP contribution in [0.2, 0.25) is 0 Å². The van der Waals surface area contributed by atoms with Crippen LogP contribution in [-0.2, 0) is 12.0 Å². The zero-order chi connectivity index (χ0) is 14.7. The lowest BCUT2D eigenvalue weighted by atomic mass is 9.92. The SMILES string of the molecule is C[C@H](NCc1ccccc1)[C@@H]1C[C@@]1(CO)c1ccccc1. The molecule has 2 N–H and O–H groups in total. The lowest BCUT2D eigenvalue weighted by Crippen LogP contribution is -2.32. The number of rotatable bonds is 6. The second-order valence-corrected chi connectivity index (χ2v) is 6.15. The van der Waals surface area contributed by atoms with Crippen molar-refractivity contribution in [3.05, 3.63) is 71.8 Å². The molecule has 0 spiro atoms. The van der Waals surface area contributed by atoms with Gasteiger partial charge in [-0.25, -0.2) is 0 Å². The molecular weight excluding hydrogens is 258 g/mol. The van der Waals surface area contributed by atoms with Crippen molar-refractivity contribution in [1.29, 1.82) is 0 Å². The van der Waals surface area contributed by atoms with E-state index in [2.05, 4.69) is 60.8 Å². The number of nitrogens with one attached hydrogen (secondary N) is 1. The van der Waals surface area contributed by atoms with Crippen LogP contribution in [0, 0.1) is 5.92 Å². The third-order valence-electron chi connectivity index (χ3n) is 4.84. The molecule has 110 valence electrons. The van der Waals surface area contributed by atoms with E-state index >= 15 is 0 Å². The molecule has 21 heavy (non-hydrogen) atoms. The maximum atomic E-state index is 9.89. The summed E-state index contributed by atoms with van der Waals surface area (Å²) >= 11 is 0. The van der Waals surface area contributed by atoms with Crippen molar-refractivity contribution in [3.8, 4) is 0 Å². The largest absolute Gasteiger partial charge is 0.395 e. The molecule has 0 unspecified atom stereocenters. The summed E-state index contributed by atoms with van der Waals surface area (Å²) in [6.45, 7) is 3.35. The van der Waals surface area contributed by atoms with Crippen molar-refractivity contribution in [2.45, 2.75) is 31.3 Å². The fraction of sp³-hybridized carbons (Fsp3) is 0.368. The van der Waals surface area contributed by atoms with Crippen LogP contribution in [0.25, 0.3) is 0 Å². The highest BCUT2D eigenvalue weighted by Crippen LogP contribution is 2.55. The molecule has 0 amide bonds. The molecule has 0 bridgehead atoms. The Hall–Kier alpha value is -1.64. The summed E-state index contributed by atoms with van der Waals surface area (Å²) in [6, 6.07) is 21.3. The molecular formula is C19H23NO. The lowest BCUT2D eigenvalue weighted by molar-refractivity contribution is 0.238. The number of aliphatic hydroxyl groups excluding tert-OH is 1. The predicted octanol–water partition coefficient (Wildman–Crippen LogP) is 3.11. The molecule has 0 heterocycles. The molecule has 1 saturated carbocycles. The van der Waals surface area contributed by atoms with Gasteiger partial charge in [-0.3, -0.25) is 0 Å². The van der Waals surface area contributed by atoms with Gasteiger partial charge in [-0.1, -0.05) is 60.7 Å². The first-order valence-corrected chi connectivity index (χ1v) is 7.70. The summed E-state index contributed by atoms with van der Waals surface area (Å²) in [5, 5.41) is 13.5. The van der Waals surface area contributed by atoms with E-state index < -0.39 is 0 Å². The van der Waals surface area contributed by atoms with Gasteiger partial charge in [0, 0.05) is 18.0 Å². The fourth-order valence-corrected chi connectivity index (χ4v) is 3.38. The van der Waals surface area contributed by atoms with E-state index in [-0.39, 0.29) is 12.0 Å². The minimum Gasteiger partial charge on any atom is -0.395 e. The van der Waals surface area contributed by atoms with Crippen molar-refractivity contribution in [2.75, 3.05) is 6.61 Å². The highest BCUT2D eigenvalue weighted by Gasteiger charge is 2.56. The van der Waals surface area contributed by atoms with Gasteiger partial charge in [0.2, 0.25) is 0 Å². The van der Waals surface area contributed by atoms with Crippen LogP contribution in [0.5, 0.6) is 0 Å². The zero-order valence-electron chi connectivity index (χ0n) is 12.5. The standard InChI is InChI=1S/C19H23NO/c1-15(20-13-16-8-4-2-5-9-16)18-12-19(18,14-21)17-10-6-3-7-11-17/h2-11,15,18,20-21H,12-14H2,1H3/t15-,18-,19+/m0/s1. The Balaban J connectivity index is 1.63. The summed E-state index contributed by atoms with van der Waals surface area (Å²) < 4.78 is 0. The number of hydrogen-bond donors (Lipinski definition) is 2. The monoisotopic (exact) mass is 281 g/mol. The average Bonchev–Trinajstić information content (AvgIpc) is 3.31. The van der Waals surface area contributed by atoms with Gasteiger partial charge in [-0.2, -0.15) is 0 Å². The first-order chi connectivity index (χ1) is 10.3. The molecule has 0 aromatic heterocycles. The van der Waals surface area contributed by atoms with Crippen molar-refractivity contribution < 1.29 is 5.11 Å². The maximum absolute atomic E-state index is 9.89. The second kappa shape index (κ2) is 6.00. The second-order valence-electron chi connectivity index (χ2n) is 6.15. The smallest absolute Gasteiger partial charge is 0.0531 e. The molecule has 0 aliphatic heterocycles. The van der Waals surface area contributed by atoms with Crippen molar-refractivity contribution in [2.24, 2.45) is 5.92 Å². The van der Waals surface area contributed by atoms with E-state index in [9.17, 15) is 5.11 Å². The van der Waals surface area contributed by atoms with Crippen molar-refractivity contribution in [3.63, 3.8) is 0 Å². The third-order valence-corrected chi connectivity index (χ3v) is 4.84. The Morgan fingerprint density at radius 3 is 2.33 bits per heavy atom. The van der Waals surface area contributed by atoms with Crippen LogP contribution in [0.4, 0.5) is 0 Å². The summed E-state index contributed by atoms with van der Waals surface area (Å²) in [5.41, 5.74) is 2.54. The van der Waals surface area contributed by atoms with E-state index in [0.717, 1.165) is 13.0 Å². The summed E-state index contributed by atoms with van der Waals surface area (Å²) in [7, 11) is 0. The van der Waals surface area contributed by atoms with Gasteiger partial charge < -0.3 is 10.4 Å². The van der Waals surface area contributed by atoms with Crippen LogP contribution in [-0.4, -0.2) is 17.8 Å². The Kier molecular flexibility index (Phi) is 4.09. The molecule has 3 atom stereocenters. The number of benzene rings is 2. The van der Waals surface area contributed by atoms with Gasteiger partial charge in [-0.15, -0.1) is 0 Å². The maximum Gasteiger partial charge on any atom is 0.0531 e. The third kappa shape index (κ3) is 2.87. The minimum absolute atomic E-state index is 0.0373. The van der Waals surface area contributed by atoms with Gasteiger partial charge in [0.05, 0.1) is 6.61 Å². The van der Waals surface area contributed by atoms with Crippen molar-refractivity contribution >= 4 is 0 Å². The molecule has 1 fully saturated rings. The molecule has 2 nitrogen and oxygen atoms in total. The molecule has 0 radical (unpaired) electrons. The summed E-state index contributed by atoms with van der Waals surface area (Å²) in [4.78, 5) is 0. The van der Waals surface area contributed by atoms with Gasteiger partial charge >= 0.3 is 0 Å². The highest BCUT2D eigenvalue weighted by atomic mass is 16.3. The Morgan fingerprint density at radius 1 is 1.10 bits per heavy atom. The number of aliphatic hydroxyl groups is 1. The molecule has 0 saturated heterocycles. The van der Waals surface area contributed by atoms with Gasteiger partial charge in [0.15, 0.2) is 0 Å². The summed E-state index contributed by atoms with van der Waals surface area (Å²) in [5.74, 6) is 0.508. The first-order valence-electron chi connectivity index (χ1n) is 7.70. The Labute approximate surface area is 126 Å². The zero-order valence-corrected chi connectivity index (χ0v) is 12.5. The van der Waals surface area contributed by atoms with Gasteiger partial charge in [-0.05, 0) is 30.4 Å². The van der Waals surface area contributed by atoms with Crippen LogP contribution in [0.15, 0.2) is 60.7 Å². The van der Waals surface area contributed by atoms with Gasteiger partial charge in [0.25, 0.3) is 0 Å².